The highest BCUT2D eigenvalue weighted by atomic mass is 35.5. The van der Waals surface area contributed by atoms with Gasteiger partial charge >= 0.3 is 0 Å². The van der Waals surface area contributed by atoms with Crippen molar-refractivity contribution < 1.29 is 4.79 Å². The van der Waals surface area contributed by atoms with E-state index in [1.807, 2.05) is 17.5 Å². The van der Waals surface area contributed by atoms with Crippen molar-refractivity contribution in [2.75, 3.05) is 37.6 Å². The number of hydrogen-bond acceptors (Lipinski definition) is 5. The van der Waals surface area contributed by atoms with Crippen LogP contribution in [0.5, 0.6) is 0 Å². The molecule has 8 heteroatoms. The van der Waals surface area contributed by atoms with Crippen LogP contribution in [0.2, 0.25) is 10.0 Å². The first-order valence-electron chi connectivity index (χ1n) is 7.69. The monoisotopic (exact) mass is 384 g/mol. The standard InChI is InChI=1S/C16H18Cl2N4OS/c17-12-8-14(18)16(20-9-12)22-5-3-21(4-6-22)11-15(23)19-10-13-2-1-7-24-13/h1-2,7-9H,3-6,10-11H2,(H,19,23). The van der Waals surface area contributed by atoms with Crippen LogP contribution in [0.15, 0.2) is 29.8 Å². The third kappa shape index (κ3) is 4.60. The summed E-state index contributed by atoms with van der Waals surface area (Å²) in [7, 11) is 0. The Labute approximate surface area is 155 Å². The smallest absolute Gasteiger partial charge is 0.234 e. The Kier molecular flexibility index (Phi) is 5.94. The molecule has 1 fully saturated rings. The van der Waals surface area contributed by atoms with Gasteiger partial charge in [-0.25, -0.2) is 4.98 Å². The summed E-state index contributed by atoms with van der Waals surface area (Å²) in [5.74, 6) is 0.808. The van der Waals surface area contributed by atoms with Crippen molar-refractivity contribution in [3.8, 4) is 0 Å². The van der Waals surface area contributed by atoms with E-state index >= 15 is 0 Å². The van der Waals surface area contributed by atoms with E-state index < -0.39 is 0 Å². The highest BCUT2D eigenvalue weighted by Gasteiger charge is 2.21. The van der Waals surface area contributed by atoms with Crippen molar-refractivity contribution in [1.29, 1.82) is 0 Å². The van der Waals surface area contributed by atoms with E-state index in [0.29, 0.717) is 23.1 Å². The molecule has 1 N–H and O–H groups in total. The summed E-state index contributed by atoms with van der Waals surface area (Å²) in [5, 5.41) is 6.06. The average Bonchev–Trinajstić information content (AvgIpc) is 3.07. The van der Waals surface area contributed by atoms with Crippen LogP contribution >= 0.6 is 34.5 Å². The highest BCUT2D eigenvalue weighted by molar-refractivity contribution is 7.09. The van der Waals surface area contributed by atoms with E-state index in [-0.39, 0.29) is 5.91 Å². The molecule has 1 saturated heterocycles. The minimum atomic E-state index is 0.0551. The number of thiophene rings is 1. The van der Waals surface area contributed by atoms with Gasteiger partial charge in [-0.15, -0.1) is 11.3 Å². The molecular weight excluding hydrogens is 367 g/mol. The van der Waals surface area contributed by atoms with Gasteiger partial charge in [-0.3, -0.25) is 9.69 Å². The summed E-state index contributed by atoms with van der Waals surface area (Å²) < 4.78 is 0. The molecule has 0 saturated carbocycles. The van der Waals surface area contributed by atoms with Gasteiger partial charge in [0.05, 0.1) is 23.1 Å². The molecule has 3 rings (SSSR count). The highest BCUT2D eigenvalue weighted by Crippen LogP contribution is 2.26. The number of pyridine rings is 1. The third-order valence-electron chi connectivity index (χ3n) is 3.87. The fourth-order valence-corrected chi connectivity index (χ4v) is 3.76. The fourth-order valence-electron chi connectivity index (χ4n) is 2.62. The first-order valence-corrected chi connectivity index (χ1v) is 9.33. The van der Waals surface area contributed by atoms with E-state index in [2.05, 4.69) is 20.1 Å². The molecule has 128 valence electrons. The van der Waals surface area contributed by atoms with Crippen molar-refractivity contribution in [3.05, 3.63) is 44.7 Å². The van der Waals surface area contributed by atoms with Gasteiger partial charge in [0.2, 0.25) is 5.91 Å². The molecule has 24 heavy (non-hydrogen) atoms. The van der Waals surface area contributed by atoms with Gasteiger partial charge < -0.3 is 10.2 Å². The number of nitrogens with one attached hydrogen (secondary N) is 1. The SMILES string of the molecule is O=C(CN1CCN(c2ncc(Cl)cc2Cl)CC1)NCc1cccs1. The zero-order valence-corrected chi connectivity index (χ0v) is 15.4. The van der Waals surface area contributed by atoms with Crippen molar-refractivity contribution in [2.45, 2.75) is 6.54 Å². The van der Waals surface area contributed by atoms with Crippen molar-refractivity contribution >= 4 is 46.3 Å². The predicted molar refractivity (Wildman–Crippen MR) is 99.1 cm³/mol. The number of carbonyl (C=O) groups excluding carboxylic acids is 1. The number of halogens is 2. The number of rotatable bonds is 5. The molecule has 0 bridgehead atoms. The van der Waals surface area contributed by atoms with Crippen LogP contribution in [-0.4, -0.2) is 48.5 Å². The summed E-state index contributed by atoms with van der Waals surface area (Å²) in [6, 6.07) is 5.71. The first kappa shape index (κ1) is 17.5. The lowest BCUT2D eigenvalue weighted by Crippen LogP contribution is -2.49. The Morgan fingerprint density at radius 2 is 2.08 bits per heavy atom. The molecular formula is C16H18Cl2N4OS. The normalized spacial score (nSPS) is 15.5. The van der Waals surface area contributed by atoms with E-state index in [1.165, 1.54) is 0 Å². The second-order valence-electron chi connectivity index (χ2n) is 5.58. The van der Waals surface area contributed by atoms with Gasteiger partial charge in [0.25, 0.3) is 0 Å². The number of anilines is 1. The lowest BCUT2D eigenvalue weighted by molar-refractivity contribution is -0.122. The Hall–Kier alpha value is -1.34. The van der Waals surface area contributed by atoms with Gasteiger partial charge in [0.15, 0.2) is 0 Å². The molecule has 0 aromatic carbocycles. The van der Waals surface area contributed by atoms with Gasteiger partial charge in [-0.1, -0.05) is 29.3 Å². The Morgan fingerprint density at radius 3 is 2.75 bits per heavy atom. The maximum absolute atomic E-state index is 12.0. The van der Waals surface area contributed by atoms with Crippen molar-refractivity contribution in [1.82, 2.24) is 15.2 Å². The Bertz CT molecular complexity index is 687. The van der Waals surface area contributed by atoms with Crippen LogP contribution in [0.1, 0.15) is 4.88 Å². The fraction of sp³-hybridized carbons (Fsp3) is 0.375. The molecule has 1 amide bonds. The van der Waals surface area contributed by atoms with E-state index in [0.717, 1.165) is 36.9 Å². The Morgan fingerprint density at radius 1 is 1.29 bits per heavy atom. The number of carbonyl (C=O) groups is 1. The molecule has 0 unspecified atom stereocenters. The molecule has 0 radical (unpaired) electrons. The van der Waals surface area contributed by atoms with Crippen LogP contribution in [0.4, 0.5) is 5.82 Å². The van der Waals surface area contributed by atoms with Crippen molar-refractivity contribution in [3.63, 3.8) is 0 Å². The molecule has 2 aromatic rings. The second kappa shape index (κ2) is 8.16. The molecule has 0 aliphatic carbocycles. The molecule has 0 atom stereocenters. The lowest BCUT2D eigenvalue weighted by atomic mass is 10.3. The molecule has 1 aliphatic heterocycles. The van der Waals surface area contributed by atoms with E-state index in [9.17, 15) is 4.79 Å². The number of amides is 1. The van der Waals surface area contributed by atoms with Crippen LogP contribution in [0.3, 0.4) is 0 Å². The summed E-state index contributed by atoms with van der Waals surface area (Å²) in [4.78, 5) is 21.8. The Balaban J connectivity index is 1.45. The number of hydrogen-bond donors (Lipinski definition) is 1. The second-order valence-corrected chi connectivity index (χ2v) is 7.45. The van der Waals surface area contributed by atoms with Crippen molar-refractivity contribution in [2.24, 2.45) is 0 Å². The third-order valence-corrected chi connectivity index (χ3v) is 5.23. The molecule has 0 spiro atoms. The van der Waals surface area contributed by atoms with E-state index in [1.54, 1.807) is 23.6 Å². The maximum atomic E-state index is 12.0. The van der Waals surface area contributed by atoms with Crippen LogP contribution < -0.4 is 10.2 Å². The number of aromatic nitrogens is 1. The summed E-state index contributed by atoms with van der Waals surface area (Å²) in [6.45, 7) is 4.18. The molecule has 3 heterocycles. The summed E-state index contributed by atoms with van der Waals surface area (Å²) >= 11 is 13.7. The van der Waals surface area contributed by atoms with Gasteiger partial charge in [-0.2, -0.15) is 0 Å². The molecule has 5 nitrogen and oxygen atoms in total. The predicted octanol–water partition coefficient (Wildman–Crippen LogP) is 2.89. The minimum absolute atomic E-state index is 0.0551. The number of nitrogens with zero attached hydrogens (tertiary/aromatic N) is 3. The van der Waals surface area contributed by atoms with Crippen LogP contribution in [0.25, 0.3) is 0 Å². The quantitative estimate of drug-likeness (QED) is 0.860. The molecule has 1 aliphatic rings. The van der Waals surface area contributed by atoms with Gasteiger partial charge in [-0.05, 0) is 17.5 Å². The largest absolute Gasteiger partial charge is 0.353 e. The zero-order valence-electron chi connectivity index (χ0n) is 13.0. The maximum Gasteiger partial charge on any atom is 0.234 e. The van der Waals surface area contributed by atoms with Crippen LogP contribution in [-0.2, 0) is 11.3 Å². The average molecular weight is 385 g/mol. The van der Waals surface area contributed by atoms with Crippen LogP contribution in [0, 0.1) is 0 Å². The zero-order chi connectivity index (χ0) is 16.9. The lowest BCUT2D eigenvalue weighted by Gasteiger charge is -2.35. The summed E-state index contributed by atoms with van der Waals surface area (Å²) in [6.07, 6.45) is 1.60. The first-order chi connectivity index (χ1) is 11.6. The van der Waals surface area contributed by atoms with Gasteiger partial charge in [0.1, 0.15) is 5.82 Å². The molecule has 2 aromatic heterocycles. The van der Waals surface area contributed by atoms with E-state index in [4.69, 9.17) is 23.2 Å². The van der Waals surface area contributed by atoms with Gasteiger partial charge in [0, 0.05) is 37.3 Å². The topological polar surface area (TPSA) is 48.5 Å². The summed E-state index contributed by atoms with van der Waals surface area (Å²) in [5.41, 5.74) is 0. The minimum Gasteiger partial charge on any atom is -0.353 e. The number of piperazine rings is 1.